The number of aryl methyl sites for hydroxylation is 2. The summed E-state index contributed by atoms with van der Waals surface area (Å²) >= 11 is 1.40. The van der Waals surface area contributed by atoms with Gasteiger partial charge in [-0.1, -0.05) is 31.0 Å². The Kier molecular flexibility index (Phi) is 5.52. The minimum absolute atomic E-state index is 0.206. The predicted octanol–water partition coefficient (Wildman–Crippen LogP) is 3.56. The summed E-state index contributed by atoms with van der Waals surface area (Å²) < 4.78 is 5.50. The second-order valence-electron chi connectivity index (χ2n) is 5.38. The highest BCUT2D eigenvalue weighted by atomic mass is 32.2. The molecule has 2 rings (SSSR count). The van der Waals surface area contributed by atoms with E-state index in [2.05, 4.69) is 11.9 Å². The van der Waals surface area contributed by atoms with Gasteiger partial charge in [0.15, 0.2) is 0 Å². The first kappa shape index (κ1) is 15.4. The van der Waals surface area contributed by atoms with E-state index in [1.807, 2.05) is 18.7 Å². The van der Waals surface area contributed by atoms with Crippen molar-refractivity contribution in [3.05, 3.63) is 11.5 Å². The Balaban J connectivity index is 1.88. The van der Waals surface area contributed by atoms with Crippen molar-refractivity contribution in [2.45, 2.75) is 64.1 Å². The van der Waals surface area contributed by atoms with Crippen LogP contribution in [0.1, 0.15) is 50.5 Å². The summed E-state index contributed by atoms with van der Waals surface area (Å²) in [4.78, 5) is 18.7. The van der Waals surface area contributed by atoms with Crippen molar-refractivity contribution < 1.29 is 9.21 Å². The molecule has 0 N–H and O–H groups in total. The average Bonchev–Trinajstić information content (AvgIpc) is 2.78. The maximum absolute atomic E-state index is 12.4. The van der Waals surface area contributed by atoms with E-state index in [4.69, 9.17) is 4.42 Å². The van der Waals surface area contributed by atoms with Gasteiger partial charge in [-0.15, -0.1) is 0 Å². The second kappa shape index (κ2) is 7.16. The Hall–Kier alpha value is -0.970. The first-order valence-electron chi connectivity index (χ1n) is 7.48. The van der Waals surface area contributed by atoms with Crippen molar-refractivity contribution in [2.24, 2.45) is 0 Å². The largest absolute Gasteiger partial charge is 0.437 e. The molecule has 0 saturated heterocycles. The average molecular weight is 296 g/mol. The zero-order valence-corrected chi connectivity index (χ0v) is 13.5. The Morgan fingerprint density at radius 1 is 1.35 bits per heavy atom. The van der Waals surface area contributed by atoms with Crippen LogP contribution in [0.5, 0.6) is 0 Å². The van der Waals surface area contributed by atoms with Crippen LogP contribution in [0.4, 0.5) is 0 Å². The molecule has 0 spiro atoms. The number of amides is 1. The highest BCUT2D eigenvalue weighted by molar-refractivity contribution is 7.99. The predicted molar refractivity (Wildman–Crippen MR) is 81.0 cm³/mol. The van der Waals surface area contributed by atoms with Crippen molar-refractivity contribution in [2.75, 3.05) is 12.3 Å². The maximum Gasteiger partial charge on any atom is 0.256 e. The summed E-state index contributed by atoms with van der Waals surface area (Å²) in [6.45, 7) is 6.68. The van der Waals surface area contributed by atoms with E-state index in [-0.39, 0.29) is 5.91 Å². The standard InChI is InChI=1S/C15H24N2O2S/c1-4-17(13-8-6-5-7-9-13)14(18)10-20-15-16-11(2)12(3)19-15/h13H,4-10H2,1-3H3. The molecule has 1 saturated carbocycles. The number of oxazole rings is 1. The molecule has 1 aliphatic rings. The highest BCUT2D eigenvalue weighted by Gasteiger charge is 2.24. The van der Waals surface area contributed by atoms with E-state index in [9.17, 15) is 4.79 Å². The van der Waals surface area contributed by atoms with E-state index < -0.39 is 0 Å². The molecule has 112 valence electrons. The van der Waals surface area contributed by atoms with Crippen LogP contribution in [0.2, 0.25) is 0 Å². The fourth-order valence-electron chi connectivity index (χ4n) is 2.74. The lowest BCUT2D eigenvalue weighted by Crippen LogP contribution is -2.42. The third kappa shape index (κ3) is 3.78. The summed E-state index contributed by atoms with van der Waals surface area (Å²) in [7, 11) is 0. The lowest BCUT2D eigenvalue weighted by molar-refractivity contribution is -0.131. The van der Waals surface area contributed by atoms with Gasteiger partial charge >= 0.3 is 0 Å². The van der Waals surface area contributed by atoms with Crippen LogP contribution >= 0.6 is 11.8 Å². The van der Waals surface area contributed by atoms with Crippen LogP contribution < -0.4 is 0 Å². The Labute approximate surface area is 125 Å². The molecule has 0 radical (unpaired) electrons. The smallest absolute Gasteiger partial charge is 0.256 e. The number of carbonyl (C=O) groups is 1. The maximum atomic E-state index is 12.4. The third-order valence-corrected chi connectivity index (χ3v) is 4.82. The van der Waals surface area contributed by atoms with Gasteiger partial charge in [0.1, 0.15) is 5.76 Å². The Morgan fingerprint density at radius 3 is 2.60 bits per heavy atom. The van der Waals surface area contributed by atoms with E-state index in [1.165, 1.54) is 31.0 Å². The SMILES string of the molecule is CCN(C(=O)CSc1nc(C)c(C)o1)C1CCCCC1. The highest BCUT2D eigenvalue weighted by Crippen LogP contribution is 2.25. The summed E-state index contributed by atoms with van der Waals surface area (Å²) in [5.41, 5.74) is 0.902. The van der Waals surface area contributed by atoms with Crippen LogP contribution in [0.15, 0.2) is 9.64 Å². The van der Waals surface area contributed by atoms with Gasteiger partial charge in [-0.25, -0.2) is 4.98 Å². The topological polar surface area (TPSA) is 46.3 Å². The second-order valence-corrected chi connectivity index (χ2v) is 6.31. The molecule has 1 fully saturated rings. The van der Waals surface area contributed by atoms with Gasteiger partial charge in [-0.2, -0.15) is 0 Å². The first-order valence-corrected chi connectivity index (χ1v) is 8.46. The number of nitrogens with zero attached hydrogens (tertiary/aromatic N) is 2. The van der Waals surface area contributed by atoms with Gasteiger partial charge in [0.05, 0.1) is 11.4 Å². The summed E-state index contributed by atoms with van der Waals surface area (Å²) in [6, 6.07) is 0.440. The van der Waals surface area contributed by atoms with E-state index >= 15 is 0 Å². The zero-order valence-electron chi connectivity index (χ0n) is 12.6. The molecule has 0 atom stereocenters. The molecular weight excluding hydrogens is 272 g/mol. The van der Waals surface area contributed by atoms with Gasteiger partial charge in [0.2, 0.25) is 5.91 Å². The van der Waals surface area contributed by atoms with Crippen molar-refractivity contribution in [3.63, 3.8) is 0 Å². The van der Waals surface area contributed by atoms with E-state index in [0.29, 0.717) is 17.0 Å². The van der Waals surface area contributed by atoms with E-state index in [1.54, 1.807) is 0 Å². The number of rotatable bonds is 5. The van der Waals surface area contributed by atoms with Gasteiger partial charge in [0.25, 0.3) is 5.22 Å². The fraction of sp³-hybridized carbons (Fsp3) is 0.733. The monoisotopic (exact) mass is 296 g/mol. The normalized spacial score (nSPS) is 16.4. The molecule has 5 heteroatoms. The molecule has 1 heterocycles. The minimum Gasteiger partial charge on any atom is -0.437 e. The molecule has 20 heavy (non-hydrogen) atoms. The van der Waals surface area contributed by atoms with Crippen molar-refractivity contribution >= 4 is 17.7 Å². The quantitative estimate of drug-likeness (QED) is 0.779. The molecule has 1 aliphatic carbocycles. The zero-order chi connectivity index (χ0) is 14.5. The van der Waals surface area contributed by atoms with Gasteiger partial charge in [0, 0.05) is 12.6 Å². The number of thioether (sulfide) groups is 1. The minimum atomic E-state index is 0.206. The number of carbonyl (C=O) groups excluding carboxylic acids is 1. The van der Waals surface area contributed by atoms with Crippen LogP contribution in [0.3, 0.4) is 0 Å². The number of aromatic nitrogens is 1. The fourth-order valence-corrected chi connectivity index (χ4v) is 3.54. The van der Waals surface area contributed by atoms with Crippen LogP contribution in [0, 0.1) is 13.8 Å². The number of hydrogen-bond donors (Lipinski definition) is 0. The first-order chi connectivity index (χ1) is 9.61. The van der Waals surface area contributed by atoms with Crippen LogP contribution in [-0.4, -0.2) is 34.1 Å². The van der Waals surface area contributed by atoms with Crippen LogP contribution in [-0.2, 0) is 4.79 Å². The third-order valence-electron chi connectivity index (χ3n) is 4.00. The van der Waals surface area contributed by atoms with Gasteiger partial charge in [-0.3, -0.25) is 4.79 Å². The van der Waals surface area contributed by atoms with Crippen LogP contribution in [0.25, 0.3) is 0 Å². The molecule has 1 aromatic heterocycles. The van der Waals surface area contributed by atoms with E-state index in [0.717, 1.165) is 30.8 Å². The molecule has 1 aromatic rings. The Morgan fingerprint density at radius 2 is 2.05 bits per heavy atom. The summed E-state index contributed by atoms with van der Waals surface area (Å²) in [5.74, 6) is 1.46. The molecule has 4 nitrogen and oxygen atoms in total. The molecule has 0 bridgehead atoms. The van der Waals surface area contributed by atoms with Crippen molar-refractivity contribution in [1.82, 2.24) is 9.88 Å². The number of hydrogen-bond acceptors (Lipinski definition) is 4. The summed E-state index contributed by atoms with van der Waals surface area (Å²) in [5, 5.41) is 0.605. The Bertz CT molecular complexity index is 433. The van der Waals surface area contributed by atoms with Gasteiger partial charge in [-0.05, 0) is 33.6 Å². The lowest BCUT2D eigenvalue weighted by atomic mass is 9.94. The van der Waals surface area contributed by atoms with Crippen molar-refractivity contribution in [3.8, 4) is 0 Å². The molecule has 0 aliphatic heterocycles. The molecule has 1 amide bonds. The summed E-state index contributed by atoms with van der Waals surface area (Å²) in [6.07, 6.45) is 6.12. The molecule has 0 unspecified atom stereocenters. The van der Waals surface area contributed by atoms with Crippen molar-refractivity contribution in [1.29, 1.82) is 0 Å². The molecular formula is C15H24N2O2S. The van der Waals surface area contributed by atoms with Gasteiger partial charge < -0.3 is 9.32 Å². The molecule has 0 aromatic carbocycles. The lowest BCUT2D eigenvalue weighted by Gasteiger charge is -2.33.